The van der Waals surface area contributed by atoms with Gasteiger partial charge >= 0.3 is 0 Å². The number of rotatable bonds is 1. The SMILES string of the molecule is Oc1ccc2c(c1O)CC(C1=NCCN1)CC2. The number of amidine groups is 1. The van der Waals surface area contributed by atoms with Crippen LogP contribution in [0.1, 0.15) is 17.5 Å². The van der Waals surface area contributed by atoms with Crippen LogP contribution in [0, 0.1) is 5.92 Å². The molecule has 0 bridgehead atoms. The standard InChI is InChI=1S/C13H16N2O2/c16-11-4-3-8-1-2-9(7-10(8)12(11)17)13-14-5-6-15-13/h3-4,9,16-17H,1-2,5-7H2,(H,14,15). The quantitative estimate of drug-likeness (QED) is 0.637. The van der Waals surface area contributed by atoms with E-state index in [2.05, 4.69) is 10.3 Å². The van der Waals surface area contributed by atoms with Crippen LogP contribution in [0.5, 0.6) is 11.5 Å². The lowest BCUT2D eigenvalue weighted by Gasteiger charge is -2.25. The van der Waals surface area contributed by atoms with Crippen molar-refractivity contribution in [2.24, 2.45) is 10.9 Å². The Balaban J connectivity index is 1.91. The molecule has 4 nitrogen and oxygen atoms in total. The van der Waals surface area contributed by atoms with E-state index in [4.69, 9.17) is 0 Å². The van der Waals surface area contributed by atoms with E-state index in [1.54, 1.807) is 6.07 Å². The normalized spacial score (nSPS) is 22.8. The maximum atomic E-state index is 9.89. The zero-order chi connectivity index (χ0) is 11.8. The smallest absolute Gasteiger partial charge is 0.160 e. The monoisotopic (exact) mass is 232 g/mol. The Hall–Kier alpha value is -1.71. The van der Waals surface area contributed by atoms with Crippen LogP contribution in [0.4, 0.5) is 0 Å². The molecule has 1 aromatic rings. The molecule has 4 heteroatoms. The fourth-order valence-corrected chi connectivity index (χ4v) is 2.73. The van der Waals surface area contributed by atoms with Gasteiger partial charge < -0.3 is 15.5 Å². The molecule has 0 aromatic heterocycles. The molecular formula is C13H16N2O2. The maximum absolute atomic E-state index is 9.89. The molecule has 1 heterocycles. The van der Waals surface area contributed by atoms with Crippen LogP contribution in [0.15, 0.2) is 17.1 Å². The van der Waals surface area contributed by atoms with Crippen LogP contribution >= 0.6 is 0 Å². The number of phenolic OH excluding ortho intramolecular Hbond substituents is 2. The summed E-state index contributed by atoms with van der Waals surface area (Å²) >= 11 is 0. The first-order chi connectivity index (χ1) is 8.25. The van der Waals surface area contributed by atoms with E-state index in [9.17, 15) is 10.2 Å². The zero-order valence-electron chi connectivity index (χ0n) is 9.61. The van der Waals surface area contributed by atoms with Crippen LogP contribution in [0.2, 0.25) is 0 Å². The molecule has 0 fully saturated rings. The second-order valence-corrected chi connectivity index (χ2v) is 4.70. The van der Waals surface area contributed by atoms with Gasteiger partial charge in [-0.05, 0) is 30.9 Å². The first-order valence-electron chi connectivity index (χ1n) is 6.06. The second-order valence-electron chi connectivity index (χ2n) is 4.70. The number of nitrogens with one attached hydrogen (secondary N) is 1. The van der Waals surface area contributed by atoms with Gasteiger partial charge in [-0.25, -0.2) is 0 Å². The van der Waals surface area contributed by atoms with Crippen molar-refractivity contribution in [2.45, 2.75) is 19.3 Å². The summed E-state index contributed by atoms with van der Waals surface area (Å²) in [5.74, 6) is 1.45. The van der Waals surface area contributed by atoms with Gasteiger partial charge in [0, 0.05) is 18.0 Å². The summed E-state index contributed by atoms with van der Waals surface area (Å²) in [6.45, 7) is 1.77. The summed E-state index contributed by atoms with van der Waals surface area (Å²) in [4.78, 5) is 4.45. The van der Waals surface area contributed by atoms with E-state index < -0.39 is 0 Å². The number of hydrogen-bond acceptors (Lipinski definition) is 4. The molecule has 1 aliphatic carbocycles. The number of nitrogens with zero attached hydrogens (tertiary/aromatic N) is 1. The van der Waals surface area contributed by atoms with Gasteiger partial charge in [-0.3, -0.25) is 4.99 Å². The lowest BCUT2D eigenvalue weighted by atomic mass is 9.82. The van der Waals surface area contributed by atoms with Gasteiger partial charge in [0.1, 0.15) is 0 Å². The van der Waals surface area contributed by atoms with Crippen LogP contribution in [0.25, 0.3) is 0 Å². The topological polar surface area (TPSA) is 64.8 Å². The number of aryl methyl sites for hydroxylation is 1. The molecule has 0 radical (unpaired) electrons. The van der Waals surface area contributed by atoms with Gasteiger partial charge in [0.15, 0.2) is 11.5 Å². The van der Waals surface area contributed by atoms with Gasteiger partial charge in [0.2, 0.25) is 0 Å². The first-order valence-corrected chi connectivity index (χ1v) is 6.06. The number of aromatic hydroxyl groups is 2. The van der Waals surface area contributed by atoms with Crippen LogP contribution < -0.4 is 5.32 Å². The van der Waals surface area contributed by atoms with Crippen LogP contribution in [0.3, 0.4) is 0 Å². The molecule has 90 valence electrons. The van der Waals surface area contributed by atoms with Crippen LogP contribution in [-0.2, 0) is 12.8 Å². The van der Waals surface area contributed by atoms with Crippen LogP contribution in [-0.4, -0.2) is 29.1 Å². The molecule has 3 rings (SSSR count). The van der Waals surface area contributed by atoms with Crippen molar-refractivity contribution in [2.75, 3.05) is 13.1 Å². The molecular weight excluding hydrogens is 216 g/mol. The molecule has 1 atom stereocenters. The highest BCUT2D eigenvalue weighted by Gasteiger charge is 2.27. The molecule has 1 aromatic carbocycles. The summed E-state index contributed by atoms with van der Waals surface area (Å²) in [5.41, 5.74) is 2.03. The van der Waals surface area contributed by atoms with Gasteiger partial charge in [0.05, 0.1) is 12.4 Å². The average Bonchev–Trinajstić information content (AvgIpc) is 2.87. The minimum atomic E-state index is -0.0225. The summed E-state index contributed by atoms with van der Waals surface area (Å²) in [6.07, 6.45) is 2.76. The second kappa shape index (κ2) is 3.95. The summed E-state index contributed by atoms with van der Waals surface area (Å²) in [5, 5.41) is 22.7. The fourth-order valence-electron chi connectivity index (χ4n) is 2.73. The molecule has 1 aliphatic heterocycles. The zero-order valence-corrected chi connectivity index (χ0v) is 9.61. The highest BCUT2D eigenvalue weighted by Crippen LogP contribution is 2.37. The van der Waals surface area contributed by atoms with Crippen molar-refractivity contribution in [3.63, 3.8) is 0 Å². The van der Waals surface area contributed by atoms with E-state index in [0.29, 0.717) is 5.92 Å². The Labute approximate surface area is 100 Å². The van der Waals surface area contributed by atoms with E-state index in [0.717, 1.165) is 49.3 Å². The Morgan fingerprint density at radius 3 is 2.94 bits per heavy atom. The van der Waals surface area contributed by atoms with E-state index >= 15 is 0 Å². The van der Waals surface area contributed by atoms with Gasteiger partial charge in [-0.2, -0.15) is 0 Å². The Morgan fingerprint density at radius 1 is 1.29 bits per heavy atom. The number of phenols is 2. The summed E-state index contributed by atoms with van der Waals surface area (Å²) in [6, 6.07) is 3.48. The van der Waals surface area contributed by atoms with Crippen molar-refractivity contribution >= 4 is 5.84 Å². The molecule has 0 spiro atoms. The highest BCUT2D eigenvalue weighted by atomic mass is 16.3. The highest BCUT2D eigenvalue weighted by molar-refractivity contribution is 5.86. The predicted molar refractivity (Wildman–Crippen MR) is 65.6 cm³/mol. The Kier molecular flexibility index (Phi) is 2.42. The number of benzene rings is 1. The molecule has 17 heavy (non-hydrogen) atoms. The number of hydrogen-bond donors (Lipinski definition) is 3. The van der Waals surface area contributed by atoms with Gasteiger partial charge in [0.25, 0.3) is 0 Å². The minimum absolute atomic E-state index is 0.0225. The molecule has 2 aliphatic rings. The molecule has 0 amide bonds. The fraction of sp³-hybridized carbons (Fsp3) is 0.462. The predicted octanol–water partition coefficient (Wildman–Crippen LogP) is 1.20. The number of aliphatic imine (C=N–C) groups is 1. The number of fused-ring (bicyclic) bond motifs is 1. The van der Waals surface area contributed by atoms with Crippen molar-refractivity contribution < 1.29 is 10.2 Å². The Morgan fingerprint density at radius 2 is 2.18 bits per heavy atom. The maximum Gasteiger partial charge on any atom is 0.160 e. The molecule has 0 saturated heterocycles. The molecule has 3 N–H and O–H groups in total. The largest absolute Gasteiger partial charge is 0.504 e. The third kappa shape index (κ3) is 1.73. The van der Waals surface area contributed by atoms with Crippen molar-refractivity contribution in [1.82, 2.24) is 5.32 Å². The van der Waals surface area contributed by atoms with Crippen molar-refractivity contribution in [3.05, 3.63) is 23.3 Å². The third-order valence-corrected chi connectivity index (χ3v) is 3.66. The summed E-state index contributed by atoms with van der Waals surface area (Å²) < 4.78 is 0. The lowest BCUT2D eigenvalue weighted by Crippen LogP contribution is -2.31. The van der Waals surface area contributed by atoms with E-state index in [-0.39, 0.29) is 11.5 Å². The average molecular weight is 232 g/mol. The summed E-state index contributed by atoms with van der Waals surface area (Å²) in [7, 11) is 0. The third-order valence-electron chi connectivity index (χ3n) is 3.66. The molecule has 0 saturated carbocycles. The van der Waals surface area contributed by atoms with Gasteiger partial charge in [-0.1, -0.05) is 6.07 Å². The minimum Gasteiger partial charge on any atom is -0.504 e. The van der Waals surface area contributed by atoms with Crippen molar-refractivity contribution in [1.29, 1.82) is 0 Å². The van der Waals surface area contributed by atoms with E-state index in [1.807, 2.05) is 6.07 Å². The lowest BCUT2D eigenvalue weighted by molar-refractivity contribution is 0.393. The van der Waals surface area contributed by atoms with Crippen molar-refractivity contribution in [3.8, 4) is 11.5 Å². The molecule has 1 unspecified atom stereocenters. The Bertz CT molecular complexity index is 483. The van der Waals surface area contributed by atoms with Gasteiger partial charge in [-0.15, -0.1) is 0 Å². The van der Waals surface area contributed by atoms with E-state index in [1.165, 1.54) is 0 Å². The first kappa shape index (κ1) is 10.4.